The van der Waals surface area contributed by atoms with E-state index in [1.165, 1.54) is 0 Å². The Bertz CT molecular complexity index is 535. The molecular weight excluding hydrogens is 250 g/mol. The normalized spacial score (nSPS) is 10.2. The SMILES string of the molecule is CCCCOc1ccc(C(=O)Cc2ccncc2)cc1. The summed E-state index contributed by atoms with van der Waals surface area (Å²) in [6.45, 7) is 2.85. The third-order valence-corrected chi connectivity index (χ3v) is 3.06. The van der Waals surface area contributed by atoms with Gasteiger partial charge in [0.1, 0.15) is 5.75 Å². The first kappa shape index (κ1) is 14.3. The molecule has 2 rings (SSSR count). The first-order valence-electron chi connectivity index (χ1n) is 6.94. The van der Waals surface area contributed by atoms with Crippen LogP contribution in [-0.4, -0.2) is 17.4 Å². The number of pyridine rings is 1. The van der Waals surface area contributed by atoms with Gasteiger partial charge in [0.2, 0.25) is 0 Å². The summed E-state index contributed by atoms with van der Waals surface area (Å²) in [7, 11) is 0. The van der Waals surface area contributed by atoms with Crippen LogP contribution in [0.5, 0.6) is 5.75 Å². The molecule has 0 unspecified atom stereocenters. The first-order chi connectivity index (χ1) is 9.79. The van der Waals surface area contributed by atoms with Crippen LogP contribution in [0.3, 0.4) is 0 Å². The maximum atomic E-state index is 12.1. The number of ketones is 1. The van der Waals surface area contributed by atoms with Crippen LogP contribution in [0.4, 0.5) is 0 Å². The van der Waals surface area contributed by atoms with Gasteiger partial charge in [0, 0.05) is 24.4 Å². The van der Waals surface area contributed by atoms with E-state index in [-0.39, 0.29) is 5.78 Å². The standard InChI is InChI=1S/C17H19NO2/c1-2-3-12-20-16-6-4-15(5-7-16)17(19)13-14-8-10-18-11-9-14/h4-11H,2-3,12-13H2,1H3. The number of hydrogen-bond donors (Lipinski definition) is 0. The van der Waals surface area contributed by atoms with Crippen LogP contribution < -0.4 is 4.74 Å². The van der Waals surface area contributed by atoms with Gasteiger partial charge in [-0.2, -0.15) is 0 Å². The largest absolute Gasteiger partial charge is 0.494 e. The molecule has 0 saturated heterocycles. The van der Waals surface area contributed by atoms with E-state index in [1.807, 2.05) is 36.4 Å². The van der Waals surface area contributed by atoms with Gasteiger partial charge in [0.15, 0.2) is 5.78 Å². The summed E-state index contributed by atoms with van der Waals surface area (Å²) >= 11 is 0. The van der Waals surface area contributed by atoms with Crippen LogP contribution >= 0.6 is 0 Å². The molecule has 0 atom stereocenters. The molecule has 2 aromatic rings. The second kappa shape index (κ2) is 7.43. The fourth-order valence-electron chi connectivity index (χ4n) is 1.86. The van der Waals surface area contributed by atoms with E-state index in [4.69, 9.17) is 4.74 Å². The average Bonchev–Trinajstić information content (AvgIpc) is 2.49. The van der Waals surface area contributed by atoms with E-state index in [0.29, 0.717) is 12.0 Å². The average molecular weight is 269 g/mol. The molecule has 0 aliphatic rings. The van der Waals surface area contributed by atoms with Gasteiger partial charge in [-0.3, -0.25) is 9.78 Å². The minimum atomic E-state index is 0.108. The van der Waals surface area contributed by atoms with E-state index >= 15 is 0 Å². The van der Waals surface area contributed by atoms with E-state index < -0.39 is 0 Å². The van der Waals surface area contributed by atoms with Crippen molar-refractivity contribution in [3.05, 3.63) is 59.9 Å². The lowest BCUT2D eigenvalue weighted by Gasteiger charge is -2.06. The van der Waals surface area contributed by atoms with E-state index in [0.717, 1.165) is 30.8 Å². The summed E-state index contributed by atoms with van der Waals surface area (Å²) in [4.78, 5) is 16.1. The van der Waals surface area contributed by atoms with Gasteiger partial charge >= 0.3 is 0 Å². The Labute approximate surface area is 119 Å². The van der Waals surface area contributed by atoms with Crippen LogP contribution in [0.25, 0.3) is 0 Å². The van der Waals surface area contributed by atoms with Crippen LogP contribution in [0.2, 0.25) is 0 Å². The van der Waals surface area contributed by atoms with E-state index in [2.05, 4.69) is 11.9 Å². The van der Waals surface area contributed by atoms with Gasteiger partial charge < -0.3 is 4.74 Å². The second-order valence-corrected chi connectivity index (χ2v) is 4.68. The van der Waals surface area contributed by atoms with Gasteiger partial charge in [-0.25, -0.2) is 0 Å². The lowest BCUT2D eigenvalue weighted by atomic mass is 10.0. The number of carbonyl (C=O) groups is 1. The fraction of sp³-hybridized carbons (Fsp3) is 0.294. The number of carbonyl (C=O) groups excluding carboxylic acids is 1. The molecule has 0 fully saturated rings. The maximum absolute atomic E-state index is 12.1. The van der Waals surface area contributed by atoms with Crippen molar-refractivity contribution in [2.45, 2.75) is 26.2 Å². The molecule has 0 aliphatic carbocycles. The molecule has 20 heavy (non-hydrogen) atoms. The fourth-order valence-corrected chi connectivity index (χ4v) is 1.86. The Morgan fingerprint density at radius 1 is 1.10 bits per heavy atom. The molecule has 0 saturated carbocycles. The molecule has 1 heterocycles. The Kier molecular flexibility index (Phi) is 5.30. The highest BCUT2D eigenvalue weighted by Gasteiger charge is 2.07. The van der Waals surface area contributed by atoms with Crippen molar-refractivity contribution < 1.29 is 9.53 Å². The van der Waals surface area contributed by atoms with Gasteiger partial charge in [-0.15, -0.1) is 0 Å². The third-order valence-electron chi connectivity index (χ3n) is 3.06. The minimum Gasteiger partial charge on any atom is -0.494 e. The van der Waals surface area contributed by atoms with Crippen LogP contribution in [0.15, 0.2) is 48.8 Å². The summed E-state index contributed by atoms with van der Waals surface area (Å²) in [5, 5.41) is 0. The van der Waals surface area contributed by atoms with Gasteiger partial charge in [-0.05, 0) is 48.4 Å². The lowest BCUT2D eigenvalue weighted by Crippen LogP contribution is -2.04. The Morgan fingerprint density at radius 2 is 1.80 bits per heavy atom. The number of benzene rings is 1. The summed E-state index contributed by atoms with van der Waals surface area (Å²) < 4.78 is 5.58. The van der Waals surface area contributed by atoms with Gasteiger partial charge in [0.25, 0.3) is 0 Å². The topological polar surface area (TPSA) is 39.2 Å². The number of hydrogen-bond acceptors (Lipinski definition) is 3. The Morgan fingerprint density at radius 3 is 2.45 bits per heavy atom. The van der Waals surface area contributed by atoms with Crippen LogP contribution in [0.1, 0.15) is 35.7 Å². The monoisotopic (exact) mass is 269 g/mol. The zero-order valence-electron chi connectivity index (χ0n) is 11.7. The second-order valence-electron chi connectivity index (χ2n) is 4.68. The smallest absolute Gasteiger partial charge is 0.167 e. The van der Waals surface area contributed by atoms with Crippen molar-refractivity contribution >= 4 is 5.78 Å². The highest BCUT2D eigenvalue weighted by molar-refractivity contribution is 5.97. The Hall–Kier alpha value is -2.16. The summed E-state index contributed by atoms with van der Waals surface area (Å²) in [5.74, 6) is 0.926. The first-order valence-corrected chi connectivity index (χ1v) is 6.94. The summed E-state index contributed by atoms with van der Waals surface area (Å²) in [6.07, 6.45) is 5.96. The molecule has 1 aromatic carbocycles. The quantitative estimate of drug-likeness (QED) is 0.568. The molecule has 3 nitrogen and oxygen atoms in total. The van der Waals surface area contributed by atoms with Crippen molar-refractivity contribution in [1.29, 1.82) is 0 Å². The maximum Gasteiger partial charge on any atom is 0.167 e. The van der Waals surface area contributed by atoms with Gasteiger partial charge in [0.05, 0.1) is 6.61 Å². The number of ether oxygens (including phenoxy) is 1. The molecule has 0 radical (unpaired) electrons. The van der Waals surface area contributed by atoms with Crippen molar-refractivity contribution in [2.24, 2.45) is 0 Å². The molecule has 0 spiro atoms. The Balaban J connectivity index is 1.94. The number of rotatable bonds is 7. The highest BCUT2D eigenvalue weighted by atomic mass is 16.5. The van der Waals surface area contributed by atoms with Crippen LogP contribution in [-0.2, 0) is 6.42 Å². The molecular formula is C17H19NO2. The number of aromatic nitrogens is 1. The molecule has 0 N–H and O–H groups in total. The van der Waals surface area contributed by atoms with Crippen LogP contribution in [0, 0.1) is 0 Å². The van der Waals surface area contributed by atoms with Crippen molar-refractivity contribution in [1.82, 2.24) is 4.98 Å². The van der Waals surface area contributed by atoms with Gasteiger partial charge in [-0.1, -0.05) is 13.3 Å². The zero-order valence-corrected chi connectivity index (χ0v) is 11.7. The number of unbranched alkanes of at least 4 members (excludes halogenated alkanes) is 1. The lowest BCUT2D eigenvalue weighted by molar-refractivity contribution is 0.0993. The molecule has 0 bridgehead atoms. The third kappa shape index (κ3) is 4.19. The predicted octanol–water partition coefficient (Wildman–Crippen LogP) is 3.69. The molecule has 3 heteroatoms. The summed E-state index contributed by atoms with van der Waals surface area (Å²) in [6, 6.07) is 11.1. The predicted molar refractivity (Wildman–Crippen MR) is 79.1 cm³/mol. The molecule has 0 amide bonds. The van der Waals surface area contributed by atoms with Crippen molar-refractivity contribution in [2.75, 3.05) is 6.61 Å². The molecule has 1 aromatic heterocycles. The minimum absolute atomic E-state index is 0.108. The highest BCUT2D eigenvalue weighted by Crippen LogP contribution is 2.14. The van der Waals surface area contributed by atoms with Crippen molar-refractivity contribution in [3.8, 4) is 5.75 Å². The number of nitrogens with zero attached hydrogens (tertiary/aromatic N) is 1. The van der Waals surface area contributed by atoms with Crippen molar-refractivity contribution in [3.63, 3.8) is 0 Å². The molecule has 104 valence electrons. The molecule has 0 aliphatic heterocycles. The number of Topliss-reactive ketones (excluding diaryl/α,β-unsaturated/α-hetero) is 1. The van der Waals surface area contributed by atoms with E-state index in [9.17, 15) is 4.79 Å². The zero-order chi connectivity index (χ0) is 14.2. The van der Waals surface area contributed by atoms with E-state index in [1.54, 1.807) is 12.4 Å². The summed E-state index contributed by atoms with van der Waals surface area (Å²) in [5.41, 5.74) is 1.69.